The standard InChI is InChI=1S/C18H23F3N2O2/c1-4-15-23-14-9-12(8-13(16(14)25-15)18(19,20)21)11(2)22-10-17(24-3)6-5-7-17/h8-9,11,22H,4-7,10H2,1-3H3. The second kappa shape index (κ2) is 6.61. The van der Waals surface area contributed by atoms with Gasteiger partial charge in [0.15, 0.2) is 11.5 Å². The van der Waals surface area contributed by atoms with Crippen LogP contribution in [0.5, 0.6) is 0 Å². The molecule has 1 fully saturated rings. The lowest BCUT2D eigenvalue weighted by Gasteiger charge is -2.41. The second-order valence-corrected chi connectivity index (χ2v) is 6.72. The van der Waals surface area contributed by atoms with Gasteiger partial charge in [0.25, 0.3) is 0 Å². The summed E-state index contributed by atoms with van der Waals surface area (Å²) < 4.78 is 51.2. The quantitative estimate of drug-likeness (QED) is 0.820. The number of halogens is 3. The van der Waals surface area contributed by atoms with Crippen LogP contribution in [-0.4, -0.2) is 24.2 Å². The fourth-order valence-corrected chi connectivity index (χ4v) is 3.19. The molecule has 0 bridgehead atoms. The largest absolute Gasteiger partial charge is 0.440 e. The predicted octanol–water partition coefficient (Wildman–Crippen LogP) is 4.63. The number of methoxy groups -OCH3 is 1. The van der Waals surface area contributed by atoms with E-state index in [4.69, 9.17) is 9.15 Å². The van der Waals surface area contributed by atoms with Gasteiger partial charge in [0.05, 0.1) is 5.60 Å². The molecule has 2 aromatic rings. The maximum Gasteiger partial charge on any atom is 0.420 e. The zero-order valence-corrected chi connectivity index (χ0v) is 14.7. The molecule has 1 aliphatic rings. The smallest absolute Gasteiger partial charge is 0.420 e. The molecule has 0 aliphatic heterocycles. The Kier molecular flexibility index (Phi) is 4.81. The van der Waals surface area contributed by atoms with Crippen LogP contribution in [0.15, 0.2) is 16.5 Å². The lowest BCUT2D eigenvalue weighted by atomic mass is 9.79. The van der Waals surface area contributed by atoms with E-state index in [1.54, 1.807) is 20.1 Å². The summed E-state index contributed by atoms with van der Waals surface area (Å²) in [5.41, 5.74) is -0.352. The number of nitrogens with zero attached hydrogens (tertiary/aromatic N) is 1. The number of aryl methyl sites for hydroxylation is 1. The summed E-state index contributed by atoms with van der Waals surface area (Å²) >= 11 is 0. The van der Waals surface area contributed by atoms with Crippen molar-refractivity contribution in [2.45, 2.75) is 57.3 Å². The van der Waals surface area contributed by atoms with Crippen LogP contribution >= 0.6 is 0 Å². The predicted molar refractivity (Wildman–Crippen MR) is 88.4 cm³/mol. The maximum absolute atomic E-state index is 13.4. The lowest BCUT2D eigenvalue weighted by molar-refractivity contribution is -0.136. The average molecular weight is 356 g/mol. The van der Waals surface area contributed by atoms with Crippen LogP contribution in [0.1, 0.15) is 56.2 Å². The first-order valence-electron chi connectivity index (χ1n) is 8.57. The molecule has 1 heterocycles. The van der Waals surface area contributed by atoms with Crippen molar-refractivity contribution < 1.29 is 22.3 Å². The van der Waals surface area contributed by atoms with Crippen molar-refractivity contribution >= 4 is 11.1 Å². The first-order valence-corrected chi connectivity index (χ1v) is 8.57. The van der Waals surface area contributed by atoms with Crippen LogP contribution in [0.2, 0.25) is 0 Å². The third kappa shape index (κ3) is 3.53. The molecule has 1 aliphatic carbocycles. The molecule has 25 heavy (non-hydrogen) atoms. The monoisotopic (exact) mass is 356 g/mol. The molecular formula is C18H23F3N2O2. The Labute approximate surface area is 144 Å². The van der Waals surface area contributed by atoms with Gasteiger partial charge in [0.1, 0.15) is 11.1 Å². The number of alkyl halides is 3. The number of aromatic nitrogens is 1. The number of hydrogen-bond donors (Lipinski definition) is 1. The van der Waals surface area contributed by atoms with Crippen molar-refractivity contribution in [2.75, 3.05) is 13.7 Å². The molecule has 0 radical (unpaired) electrons. The van der Waals surface area contributed by atoms with E-state index in [1.165, 1.54) is 0 Å². The Balaban J connectivity index is 1.90. The second-order valence-electron chi connectivity index (χ2n) is 6.72. The van der Waals surface area contributed by atoms with Crippen molar-refractivity contribution in [2.24, 2.45) is 0 Å². The number of hydrogen-bond acceptors (Lipinski definition) is 4. The first-order chi connectivity index (χ1) is 11.8. The normalized spacial score (nSPS) is 18.3. The minimum absolute atomic E-state index is 0.186. The van der Waals surface area contributed by atoms with Crippen LogP contribution in [-0.2, 0) is 17.3 Å². The van der Waals surface area contributed by atoms with E-state index in [0.29, 0.717) is 24.4 Å². The van der Waals surface area contributed by atoms with Crippen molar-refractivity contribution in [1.29, 1.82) is 0 Å². The molecule has 1 unspecified atom stereocenters. The number of benzene rings is 1. The van der Waals surface area contributed by atoms with Gasteiger partial charge in [-0.05, 0) is 43.9 Å². The van der Waals surface area contributed by atoms with E-state index >= 15 is 0 Å². The summed E-state index contributed by atoms with van der Waals surface area (Å²) in [7, 11) is 1.68. The Hall–Kier alpha value is -1.60. The van der Waals surface area contributed by atoms with Crippen molar-refractivity contribution in [1.82, 2.24) is 10.3 Å². The Morgan fingerprint density at radius 3 is 2.60 bits per heavy atom. The molecule has 1 saturated carbocycles. The van der Waals surface area contributed by atoms with Gasteiger partial charge in [-0.25, -0.2) is 4.98 Å². The molecule has 0 saturated heterocycles. The zero-order valence-electron chi connectivity index (χ0n) is 14.7. The minimum Gasteiger partial charge on any atom is -0.440 e. The van der Waals surface area contributed by atoms with Gasteiger partial charge in [-0.3, -0.25) is 0 Å². The Bertz CT molecular complexity index is 745. The molecule has 0 amide bonds. The highest BCUT2D eigenvalue weighted by Gasteiger charge is 2.38. The van der Waals surface area contributed by atoms with Crippen LogP contribution in [0.3, 0.4) is 0 Å². The van der Waals surface area contributed by atoms with E-state index in [1.807, 2.05) is 6.92 Å². The van der Waals surface area contributed by atoms with Crippen LogP contribution < -0.4 is 5.32 Å². The molecule has 1 atom stereocenters. The van der Waals surface area contributed by atoms with Gasteiger partial charge in [0.2, 0.25) is 0 Å². The molecular weight excluding hydrogens is 333 g/mol. The highest BCUT2D eigenvalue weighted by molar-refractivity contribution is 5.78. The van der Waals surface area contributed by atoms with E-state index in [2.05, 4.69) is 10.3 Å². The van der Waals surface area contributed by atoms with Gasteiger partial charge in [0, 0.05) is 26.1 Å². The topological polar surface area (TPSA) is 47.3 Å². The van der Waals surface area contributed by atoms with Crippen LogP contribution in [0.4, 0.5) is 13.2 Å². The molecule has 4 nitrogen and oxygen atoms in total. The number of nitrogens with one attached hydrogen (secondary N) is 1. The van der Waals surface area contributed by atoms with Gasteiger partial charge >= 0.3 is 6.18 Å². The van der Waals surface area contributed by atoms with E-state index in [9.17, 15) is 13.2 Å². The van der Waals surface area contributed by atoms with Crippen LogP contribution in [0, 0.1) is 0 Å². The van der Waals surface area contributed by atoms with E-state index in [-0.39, 0.29) is 22.7 Å². The highest BCUT2D eigenvalue weighted by Crippen LogP contribution is 2.38. The number of rotatable bonds is 6. The first kappa shape index (κ1) is 18.2. The van der Waals surface area contributed by atoms with E-state index in [0.717, 1.165) is 25.3 Å². The number of oxazole rings is 1. The van der Waals surface area contributed by atoms with Gasteiger partial charge in [-0.15, -0.1) is 0 Å². The zero-order chi connectivity index (χ0) is 18.2. The summed E-state index contributed by atoms with van der Waals surface area (Å²) in [5.74, 6) is 0.311. The summed E-state index contributed by atoms with van der Waals surface area (Å²) in [6, 6.07) is 2.58. The van der Waals surface area contributed by atoms with Crippen molar-refractivity contribution in [3.8, 4) is 0 Å². The number of ether oxygens (including phenoxy) is 1. The minimum atomic E-state index is -4.49. The molecule has 3 rings (SSSR count). The summed E-state index contributed by atoms with van der Waals surface area (Å²) in [4.78, 5) is 4.18. The lowest BCUT2D eigenvalue weighted by Crippen LogP contribution is -2.48. The number of fused-ring (bicyclic) bond motifs is 1. The molecule has 1 aromatic heterocycles. The van der Waals surface area contributed by atoms with Crippen molar-refractivity contribution in [3.63, 3.8) is 0 Å². The molecule has 138 valence electrons. The molecule has 1 N–H and O–H groups in total. The molecule has 7 heteroatoms. The Morgan fingerprint density at radius 2 is 2.08 bits per heavy atom. The fourth-order valence-electron chi connectivity index (χ4n) is 3.19. The van der Waals surface area contributed by atoms with Gasteiger partial charge in [-0.2, -0.15) is 13.2 Å². The average Bonchev–Trinajstić information content (AvgIpc) is 2.95. The van der Waals surface area contributed by atoms with Crippen molar-refractivity contribution in [3.05, 3.63) is 29.2 Å². The summed E-state index contributed by atoms with van der Waals surface area (Å²) in [6.45, 7) is 4.26. The SMILES string of the molecule is CCc1nc2cc(C(C)NCC3(OC)CCC3)cc(C(F)(F)F)c2o1. The fraction of sp³-hybridized carbons (Fsp3) is 0.611. The molecule has 0 spiro atoms. The van der Waals surface area contributed by atoms with E-state index < -0.39 is 11.7 Å². The third-order valence-corrected chi connectivity index (χ3v) is 5.09. The van der Waals surface area contributed by atoms with Gasteiger partial charge in [-0.1, -0.05) is 6.92 Å². The van der Waals surface area contributed by atoms with Gasteiger partial charge < -0.3 is 14.5 Å². The van der Waals surface area contributed by atoms with Crippen LogP contribution in [0.25, 0.3) is 11.1 Å². The highest BCUT2D eigenvalue weighted by atomic mass is 19.4. The molecule has 1 aromatic carbocycles. The third-order valence-electron chi connectivity index (χ3n) is 5.09. The summed E-state index contributed by atoms with van der Waals surface area (Å²) in [5, 5.41) is 3.31. The Morgan fingerprint density at radius 1 is 1.36 bits per heavy atom. The maximum atomic E-state index is 13.4. The summed E-state index contributed by atoms with van der Waals surface area (Å²) in [6.07, 6.45) is -0.975.